The summed E-state index contributed by atoms with van der Waals surface area (Å²) in [6.07, 6.45) is 8.57. The number of aliphatic imine (C=N–C) groups is 1. The highest BCUT2D eigenvalue weighted by molar-refractivity contribution is 14.0. The van der Waals surface area contributed by atoms with Crippen LogP contribution in [0.25, 0.3) is 0 Å². The van der Waals surface area contributed by atoms with Crippen LogP contribution < -0.4 is 10.6 Å². The van der Waals surface area contributed by atoms with Crippen molar-refractivity contribution in [1.29, 1.82) is 0 Å². The monoisotopic (exact) mass is 448 g/mol. The quantitative estimate of drug-likeness (QED) is 0.382. The van der Waals surface area contributed by atoms with E-state index in [0.29, 0.717) is 6.54 Å². The zero-order chi connectivity index (χ0) is 16.5. The van der Waals surface area contributed by atoms with Gasteiger partial charge in [-0.15, -0.1) is 34.2 Å². The van der Waals surface area contributed by atoms with Crippen molar-refractivity contribution in [2.24, 2.45) is 16.8 Å². The molecular weight excluding hydrogens is 415 g/mol. The molecule has 1 aliphatic carbocycles. The summed E-state index contributed by atoms with van der Waals surface area (Å²) in [5, 5.41) is 14.9. The van der Waals surface area contributed by atoms with E-state index in [2.05, 4.69) is 46.6 Å². The van der Waals surface area contributed by atoms with Gasteiger partial charge >= 0.3 is 0 Å². The summed E-state index contributed by atoms with van der Waals surface area (Å²) < 4.78 is 2.02. The molecule has 1 aliphatic rings. The lowest BCUT2D eigenvalue weighted by molar-refractivity contribution is 0.270. The third kappa shape index (κ3) is 6.94. The number of nitrogens with zero attached hydrogens (tertiary/aromatic N) is 4. The zero-order valence-electron chi connectivity index (χ0n) is 15.3. The second-order valence-electron chi connectivity index (χ2n) is 6.58. The molecule has 1 aromatic rings. The van der Waals surface area contributed by atoms with Crippen molar-refractivity contribution in [3.63, 3.8) is 0 Å². The Morgan fingerprint density at radius 3 is 2.88 bits per heavy atom. The van der Waals surface area contributed by atoms with E-state index in [1.807, 2.05) is 4.57 Å². The van der Waals surface area contributed by atoms with Gasteiger partial charge in [0.05, 0.1) is 0 Å². The Bertz CT molecular complexity index is 487. The molecule has 6 nitrogen and oxygen atoms in total. The predicted octanol–water partition coefficient (Wildman–Crippen LogP) is 3.19. The smallest absolute Gasteiger partial charge is 0.191 e. The van der Waals surface area contributed by atoms with Gasteiger partial charge in [0.2, 0.25) is 0 Å². The molecule has 0 amide bonds. The molecule has 2 rings (SSSR count). The minimum atomic E-state index is 0. The fraction of sp³-hybridized carbons (Fsp3) is 0.824. The van der Waals surface area contributed by atoms with E-state index in [9.17, 15) is 0 Å². The van der Waals surface area contributed by atoms with Crippen molar-refractivity contribution >= 4 is 29.9 Å². The van der Waals surface area contributed by atoms with Crippen LogP contribution in [0, 0.1) is 11.8 Å². The first-order chi connectivity index (χ1) is 11.2. The Morgan fingerprint density at radius 1 is 1.33 bits per heavy atom. The van der Waals surface area contributed by atoms with Crippen LogP contribution in [0.4, 0.5) is 0 Å². The molecule has 2 atom stereocenters. The Labute approximate surface area is 163 Å². The van der Waals surface area contributed by atoms with Gasteiger partial charge in [0.25, 0.3) is 0 Å². The summed E-state index contributed by atoms with van der Waals surface area (Å²) in [4.78, 5) is 4.63. The Hall–Kier alpha value is -0.860. The standard InChI is InChI=1S/C17H32N6.HI/c1-4-18-17(20-12-16-22-21-13-23(16)5-2)19-10-9-15-8-6-7-14(3)11-15;/h13-15H,4-12H2,1-3H3,(H2,18,19,20);1H. The van der Waals surface area contributed by atoms with Crippen molar-refractivity contribution < 1.29 is 0 Å². The first kappa shape index (κ1) is 21.2. The first-order valence-electron chi connectivity index (χ1n) is 9.11. The van der Waals surface area contributed by atoms with Crippen LogP contribution in [0.15, 0.2) is 11.3 Å². The Kier molecular flexibility index (Phi) is 10.3. The first-order valence-corrected chi connectivity index (χ1v) is 9.11. The lowest BCUT2D eigenvalue weighted by Gasteiger charge is -2.26. The molecule has 0 spiro atoms. The van der Waals surface area contributed by atoms with Crippen molar-refractivity contribution in [2.45, 2.75) is 66.0 Å². The number of hydrogen-bond donors (Lipinski definition) is 2. The summed E-state index contributed by atoms with van der Waals surface area (Å²) in [7, 11) is 0. The van der Waals surface area contributed by atoms with Gasteiger partial charge in [-0.05, 0) is 38.5 Å². The number of nitrogens with one attached hydrogen (secondary N) is 2. The maximum absolute atomic E-state index is 4.63. The molecule has 138 valence electrons. The van der Waals surface area contributed by atoms with Gasteiger partial charge in [-0.2, -0.15) is 0 Å². The van der Waals surface area contributed by atoms with Crippen LogP contribution in [0.1, 0.15) is 58.7 Å². The summed E-state index contributed by atoms with van der Waals surface area (Å²) >= 11 is 0. The molecule has 0 bridgehead atoms. The number of rotatable bonds is 7. The van der Waals surface area contributed by atoms with Gasteiger partial charge in [0.1, 0.15) is 12.9 Å². The lowest BCUT2D eigenvalue weighted by Crippen LogP contribution is -2.38. The van der Waals surface area contributed by atoms with E-state index < -0.39 is 0 Å². The summed E-state index contributed by atoms with van der Waals surface area (Å²) in [5.41, 5.74) is 0. The van der Waals surface area contributed by atoms with E-state index in [4.69, 9.17) is 0 Å². The average molecular weight is 448 g/mol. The minimum absolute atomic E-state index is 0. The summed E-state index contributed by atoms with van der Waals surface area (Å²) in [6.45, 7) is 9.86. The summed E-state index contributed by atoms with van der Waals surface area (Å²) in [6, 6.07) is 0. The van der Waals surface area contributed by atoms with Gasteiger partial charge in [0, 0.05) is 19.6 Å². The fourth-order valence-electron chi connectivity index (χ4n) is 3.37. The van der Waals surface area contributed by atoms with Gasteiger partial charge in [-0.3, -0.25) is 0 Å². The molecule has 1 fully saturated rings. The number of halogens is 1. The van der Waals surface area contributed by atoms with E-state index in [1.54, 1.807) is 6.33 Å². The van der Waals surface area contributed by atoms with E-state index in [0.717, 1.165) is 43.3 Å². The van der Waals surface area contributed by atoms with Crippen LogP contribution in [-0.4, -0.2) is 33.8 Å². The molecule has 1 saturated carbocycles. The van der Waals surface area contributed by atoms with Crippen LogP contribution in [0.5, 0.6) is 0 Å². The van der Waals surface area contributed by atoms with Gasteiger partial charge < -0.3 is 15.2 Å². The topological polar surface area (TPSA) is 67.1 Å². The van der Waals surface area contributed by atoms with Crippen LogP contribution in [0.2, 0.25) is 0 Å². The molecule has 0 radical (unpaired) electrons. The molecule has 0 saturated heterocycles. The lowest BCUT2D eigenvalue weighted by atomic mass is 9.81. The van der Waals surface area contributed by atoms with Gasteiger partial charge in [0.15, 0.2) is 11.8 Å². The highest BCUT2D eigenvalue weighted by Gasteiger charge is 2.18. The van der Waals surface area contributed by atoms with Crippen molar-refractivity contribution in [3.05, 3.63) is 12.2 Å². The highest BCUT2D eigenvalue weighted by atomic mass is 127. The van der Waals surface area contributed by atoms with E-state index >= 15 is 0 Å². The van der Waals surface area contributed by atoms with Crippen LogP contribution >= 0.6 is 24.0 Å². The van der Waals surface area contributed by atoms with Crippen molar-refractivity contribution in [2.75, 3.05) is 13.1 Å². The molecule has 2 unspecified atom stereocenters. The number of guanidine groups is 1. The SMILES string of the molecule is CCNC(=NCc1nncn1CC)NCCC1CCCC(C)C1.I. The number of aromatic nitrogens is 3. The zero-order valence-corrected chi connectivity index (χ0v) is 17.6. The van der Waals surface area contributed by atoms with Crippen molar-refractivity contribution in [3.8, 4) is 0 Å². The largest absolute Gasteiger partial charge is 0.357 e. The van der Waals surface area contributed by atoms with E-state index in [1.165, 1.54) is 32.1 Å². The third-order valence-corrected chi connectivity index (χ3v) is 4.65. The molecule has 0 aromatic carbocycles. The molecule has 7 heteroatoms. The highest BCUT2D eigenvalue weighted by Crippen LogP contribution is 2.30. The fourth-order valence-corrected chi connectivity index (χ4v) is 3.37. The number of aryl methyl sites for hydroxylation is 1. The van der Waals surface area contributed by atoms with E-state index in [-0.39, 0.29) is 24.0 Å². The number of hydrogen-bond acceptors (Lipinski definition) is 3. The molecule has 1 heterocycles. The summed E-state index contributed by atoms with van der Waals surface area (Å²) in [5.74, 6) is 3.56. The second-order valence-corrected chi connectivity index (χ2v) is 6.58. The van der Waals surface area contributed by atoms with Gasteiger partial charge in [-0.1, -0.05) is 26.2 Å². The molecule has 0 aliphatic heterocycles. The maximum atomic E-state index is 4.63. The van der Waals surface area contributed by atoms with Gasteiger partial charge in [-0.25, -0.2) is 4.99 Å². The van der Waals surface area contributed by atoms with Crippen molar-refractivity contribution in [1.82, 2.24) is 25.4 Å². The second kappa shape index (κ2) is 11.7. The van der Waals surface area contributed by atoms with Crippen LogP contribution in [0.3, 0.4) is 0 Å². The Balaban J connectivity index is 0.00000288. The maximum Gasteiger partial charge on any atom is 0.191 e. The normalized spacial score (nSPS) is 21.2. The molecule has 2 N–H and O–H groups in total. The average Bonchev–Trinajstić information content (AvgIpc) is 3.00. The minimum Gasteiger partial charge on any atom is -0.357 e. The predicted molar refractivity (Wildman–Crippen MR) is 110 cm³/mol. The molecular formula is C17H33IN6. The Morgan fingerprint density at radius 2 is 2.17 bits per heavy atom. The van der Waals surface area contributed by atoms with Crippen LogP contribution in [-0.2, 0) is 13.1 Å². The molecule has 24 heavy (non-hydrogen) atoms. The third-order valence-electron chi connectivity index (χ3n) is 4.65. The molecule has 1 aromatic heterocycles.